The number of aromatic nitrogens is 2. The number of anilines is 1. The van der Waals surface area contributed by atoms with Gasteiger partial charge in [0.25, 0.3) is 15.7 Å². The molecule has 0 aliphatic rings. The van der Waals surface area contributed by atoms with Crippen LogP contribution in [0.4, 0.5) is 17.2 Å². The first-order valence-corrected chi connectivity index (χ1v) is 9.77. The summed E-state index contributed by atoms with van der Waals surface area (Å²) in [6.45, 7) is 0. The predicted octanol–water partition coefficient (Wildman–Crippen LogP) is 2.65. The number of aliphatic imine (C=N–C) groups is 1. The van der Waals surface area contributed by atoms with Crippen molar-refractivity contribution >= 4 is 33.4 Å². The number of hydrogen-bond acceptors (Lipinski definition) is 9. The van der Waals surface area contributed by atoms with E-state index in [1.165, 1.54) is 61.9 Å². The summed E-state index contributed by atoms with van der Waals surface area (Å²) in [4.78, 5) is 22.0. The molecule has 0 unspecified atom stereocenters. The maximum Gasteiger partial charge on any atom is 0.270 e. The summed E-state index contributed by atoms with van der Waals surface area (Å²) in [5.74, 6) is 0.0786. The van der Waals surface area contributed by atoms with Crippen molar-refractivity contribution in [1.29, 1.82) is 0 Å². The highest BCUT2D eigenvalue weighted by atomic mass is 32.2. The molecule has 30 heavy (non-hydrogen) atoms. The molecule has 0 aliphatic carbocycles. The zero-order chi connectivity index (χ0) is 21.7. The number of sulfonamides is 1. The lowest BCUT2D eigenvalue weighted by Gasteiger charge is -2.08. The lowest BCUT2D eigenvalue weighted by atomic mass is 10.2. The number of aromatic hydroxyl groups is 1. The van der Waals surface area contributed by atoms with Gasteiger partial charge in [0, 0.05) is 30.0 Å². The normalized spacial score (nSPS) is 11.4. The van der Waals surface area contributed by atoms with Crippen molar-refractivity contribution in [1.82, 2.24) is 9.97 Å². The van der Waals surface area contributed by atoms with Gasteiger partial charge in [-0.3, -0.25) is 19.8 Å². The fourth-order valence-corrected chi connectivity index (χ4v) is 3.32. The zero-order valence-corrected chi connectivity index (χ0v) is 16.3. The molecule has 2 N–H and O–H groups in total. The molecular formula is C18H15N5O6S. The van der Waals surface area contributed by atoms with Gasteiger partial charge in [-0.1, -0.05) is 0 Å². The number of rotatable bonds is 7. The minimum atomic E-state index is -3.91. The molecule has 2 aromatic carbocycles. The molecule has 3 rings (SSSR count). The van der Waals surface area contributed by atoms with Crippen molar-refractivity contribution in [2.24, 2.45) is 4.99 Å². The fourth-order valence-electron chi connectivity index (χ4n) is 2.32. The molecule has 0 bridgehead atoms. The maximum absolute atomic E-state index is 12.5. The van der Waals surface area contributed by atoms with Crippen LogP contribution >= 0.6 is 0 Å². The number of benzene rings is 2. The van der Waals surface area contributed by atoms with Crippen molar-refractivity contribution < 1.29 is 23.2 Å². The number of nitro groups is 1. The lowest BCUT2D eigenvalue weighted by Crippen LogP contribution is -2.14. The van der Waals surface area contributed by atoms with Crippen molar-refractivity contribution in [2.75, 3.05) is 11.8 Å². The summed E-state index contributed by atoms with van der Waals surface area (Å²) < 4.78 is 32.2. The second-order valence-electron chi connectivity index (χ2n) is 5.80. The first-order chi connectivity index (χ1) is 14.3. The van der Waals surface area contributed by atoms with Gasteiger partial charge in [0.2, 0.25) is 5.88 Å². The van der Waals surface area contributed by atoms with E-state index in [-0.39, 0.29) is 33.6 Å². The Labute approximate surface area is 170 Å². The maximum atomic E-state index is 12.5. The van der Waals surface area contributed by atoms with E-state index < -0.39 is 14.9 Å². The number of nitro benzene ring substituents is 1. The van der Waals surface area contributed by atoms with Gasteiger partial charge in [-0.25, -0.2) is 18.4 Å². The second kappa shape index (κ2) is 8.53. The van der Waals surface area contributed by atoms with E-state index in [0.29, 0.717) is 5.69 Å². The summed E-state index contributed by atoms with van der Waals surface area (Å²) in [6.07, 6.45) is 2.41. The molecule has 0 saturated heterocycles. The van der Waals surface area contributed by atoms with Crippen LogP contribution in [0.2, 0.25) is 0 Å². The Balaban J connectivity index is 1.78. The Morgan fingerprint density at radius 2 is 1.90 bits per heavy atom. The van der Waals surface area contributed by atoms with E-state index in [1.54, 1.807) is 0 Å². The topological polar surface area (TPSA) is 157 Å². The SMILES string of the molecule is COc1cc(NS(=O)(=O)c2ccc(N=Cc3cc([N+](=O)[O-])ccc3O)cc2)ncn1. The Hall–Kier alpha value is -4.06. The summed E-state index contributed by atoms with van der Waals surface area (Å²) in [5, 5.41) is 20.6. The van der Waals surface area contributed by atoms with E-state index >= 15 is 0 Å². The van der Waals surface area contributed by atoms with E-state index in [0.717, 1.165) is 6.33 Å². The Bertz CT molecular complexity index is 1210. The van der Waals surface area contributed by atoms with Gasteiger partial charge in [0.1, 0.15) is 17.9 Å². The largest absolute Gasteiger partial charge is 0.507 e. The third-order valence-electron chi connectivity index (χ3n) is 3.81. The standard InChI is InChI=1S/C18H15N5O6S/c1-29-18-9-17(20-11-21-18)22-30(27,28)15-5-2-13(3-6-15)19-10-12-8-14(23(25)26)4-7-16(12)24/h2-11,24H,1H3,(H,20,21,22). The summed E-state index contributed by atoms with van der Waals surface area (Å²) in [5.41, 5.74) is 0.340. The number of nitrogens with one attached hydrogen (secondary N) is 1. The predicted molar refractivity (Wildman–Crippen MR) is 108 cm³/mol. The molecule has 0 atom stereocenters. The van der Waals surface area contributed by atoms with Crippen LogP contribution in [0, 0.1) is 10.1 Å². The number of non-ortho nitro benzene ring substituents is 1. The number of nitrogens with zero attached hydrogens (tertiary/aromatic N) is 4. The minimum Gasteiger partial charge on any atom is -0.507 e. The van der Waals surface area contributed by atoms with E-state index in [1.807, 2.05) is 0 Å². The molecule has 0 spiro atoms. The van der Waals surface area contributed by atoms with Crippen molar-refractivity contribution in [3.05, 3.63) is 70.5 Å². The number of ether oxygens (including phenoxy) is 1. The third-order valence-corrected chi connectivity index (χ3v) is 5.18. The highest BCUT2D eigenvalue weighted by Crippen LogP contribution is 2.23. The highest BCUT2D eigenvalue weighted by molar-refractivity contribution is 7.92. The van der Waals surface area contributed by atoms with Gasteiger partial charge < -0.3 is 9.84 Å². The fraction of sp³-hybridized carbons (Fsp3) is 0.0556. The van der Waals surface area contributed by atoms with Crippen molar-refractivity contribution in [3.63, 3.8) is 0 Å². The number of phenolic OH excluding ortho intramolecular Hbond substituents is 1. The molecule has 12 heteroatoms. The van der Waals surface area contributed by atoms with Crippen LogP contribution in [0.5, 0.6) is 11.6 Å². The smallest absolute Gasteiger partial charge is 0.270 e. The van der Waals surface area contributed by atoms with Gasteiger partial charge >= 0.3 is 0 Å². The third kappa shape index (κ3) is 4.86. The zero-order valence-electron chi connectivity index (χ0n) is 15.5. The van der Waals surface area contributed by atoms with E-state index in [9.17, 15) is 23.6 Å². The van der Waals surface area contributed by atoms with Crippen LogP contribution in [0.25, 0.3) is 0 Å². The molecule has 11 nitrogen and oxygen atoms in total. The quantitative estimate of drug-likeness (QED) is 0.330. The monoisotopic (exact) mass is 429 g/mol. The number of hydrogen-bond donors (Lipinski definition) is 2. The number of phenols is 1. The van der Waals surface area contributed by atoms with E-state index in [2.05, 4.69) is 19.7 Å². The van der Waals surface area contributed by atoms with Crippen LogP contribution in [0.15, 0.2) is 64.7 Å². The first-order valence-electron chi connectivity index (χ1n) is 8.29. The summed E-state index contributed by atoms with van der Waals surface area (Å²) in [7, 11) is -2.51. The Morgan fingerprint density at radius 3 is 2.57 bits per heavy atom. The molecule has 0 aliphatic heterocycles. The molecule has 0 fully saturated rings. The van der Waals surface area contributed by atoms with Crippen LogP contribution in [-0.4, -0.2) is 41.7 Å². The molecule has 3 aromatic rings. The molecule has 1 aromatic heterocycles. The Kier molecular flexibility index (Phi) is 5.88. The van der Waals surface area contributed by atoms with Crippen LogP contribution in [0.3, 0.4) is 0 Å². The second-order valence-corrected chi connectivity index (χ2v) is 7.49. The first kappa shape index (κ1) is 20.7. The van der Waals surface area contributed by atoms with Crippen molar-refractivity contribution in [2.45, 2.75) is 4.90 Å². The van der Waals surface area contributed by atoms with Crippen LogP contribution < -0.4 is 9.46 Å². The van der Waals surface area contributed by atoms with Gasteiger partial charge in [-0.15, -0.1) is 0 Å². The molecule has 0 saturated carbocycles. The number of methoxy groups -OCH3 is 1. The molecule has 0 radical (unpaired) electrons. The highest BCUT2D eigenvalue weighted by Gasteiger charge is 2.15. The van der Waals surface area contributed by atoms with Crippen molar-refractivity contribution in [3.8, 4) is 11.6 Å². The minimum absolute atomic E-state index is 0.0303. The average Bonchev–Trinajstić information content (AvgIpc) is 2.73. The molecular weight excluding hydrogens is 414 g/mol. The molecule has 1 heterocycles. The van der Waals surface area contributed by atoms with E-state index in [4.69, 9.17) is 4.74 Å². The van der Waals surface area contributed by atoms with Crippen LogP contribution in [0.1, 0.15) is 5.56 Å². The van der Waals surface area contributed by atoms with Gasteiger partial charge in [-0.2, -0.15) is 0 Å². The summed E-state index contributed by atoms with van der Waals surface area (Å²) >= 11 is 0. The molecule has 0 amide bonds. The molecule has 154 valence electrons. The van der Waals surface area contributed by atoms with Crippen LogP contribution in [-0.2, 0) is 10.0 Å². The van der Waals surface area contributed by atoms with Gasteiger partial charge in [0.05, 0.1) is 22.6 Å². The van der Waals surface area contributed by atoms with Gasteiger partial charge in [0.15, 0.2) is 0 Å². The summed E-state index contributed by atoms with van der Waals surface area (Å²) in [6, 6.07) is 10.4. The Morgan fingerprint density at radius 1 is 1.17 bits per heavy atom. The van der Waals surface area contributed by atoms with Gasteiger partial charge in [-0.05, 0) is 30.3 Å². The average molecular weight is 429 g/mol. The lowest BCUT2D eigenvalue weighted by molar-refractivity contribution is -0.384.